The molecule has 1 saturated carbocycles. The van der Waals surface area contributed by atoms with Gasteiger partial charge in [0.2, 0.25) is 0 Å². The van der Waals surface area contributed by atoms with Gasteiger partial charge < -0.3 is 5.32 Å². The van der Waals surface area contributed by atoms with Crippen molar-refractivity contribution in [2.75, 3.05) is 11.9 Å². The smallest absolute Gasteiger partial charge is 0.125 e. The van der Waals surface area contributed by atoms with E-state index < -0.39 is 0 Å². The molecule has 1 aromatic carbocycles. The molecule has 0 radical (unpaired) electrons. The van der Waals surface area contributed by atoms with Crippen molar-refractivity contribution in [2.45, 2.75) is 25.3 Å². The van der Waals surface area contributed by atoms with Gasteiger partial charge in [-0.2, -0.15) is 5.10 Å². The highest BCUT2D eigenvalue weighted by atomic mass is 15.4. The summed E-state index contributed by atoms with van der Waals surface area (Å²) in [5.41, 5.74) is 2.29. The molecule has 4 rings (SSSR count). The number of nitrogens with one attached hydrogen (secondary N) is 1. The van der Waals surface area contributed by atoms with E-state index >= 15 is 0 Å². The average Bonchev–Trinajstić information content (AvgIpc) is 3.05. The van der Waals surface area contributed by atoms with Crippen molar-refractivity contribution in [1.82, 2.24) is 9.78 Å². The lowest BCUT2D eigenvalue weighted by Crippen LogP contribution is -2.29. The molecule has 1 aliphatic carbocycles. The van der Waals surface area contributed by atoms with Crippen molar-refractivity contribution in [3.05, 3.63) is 36.4 Å². The van der Waals surface area contributed by atoms with Gasteiger partial charge in [0.05, 0.1) is 11.7 Å². The van der Waals surface area contributed by atoms with Gasteiger partial charge in [0.1, 0.15) is 5.82 Å². The van der Waals surface area contributed by atoms with Crippen LogP contribution in [0, 0.1) is 5.92 Å². The summed E-state index contributed by atoms with van der Waals surface area (Å²) in [6.45, 7) is 1.12. The van der Waals surface area contributed by atoms with Gasteiger partial charge in [-0.3, -0.25) is 0 Å². The van der Waals surface area contributed by atoms with Gasteiger partial charge in [0.15, 0.2) is 0 Å². The third kappa shape index (κ3) is 1.47. The zero-order chi connectivity index (χ0) is 11.9. The van der Waals surface area contributed by atoms with Crippen LogP contribution < -0.4 is 5.32 Å². The lowest BCUT2D eigenvalue weighted by Gasteiger charge is -2.28. The Morgan fingerprint density at radius 1 is 1.17 bits per heavy atom. The second-order valence-corrected chi connectivity index (χ2v) is 5.36. The van der Waals surface area contributed by atoms with Crippen LogP contribution in [0.15, 0.2) is 36.4 Å². The van der Waals surface area contributed by atoms with Gasteiger partial charge >= 0.3 is 0 Å². The maximum absolute atomic E-state index is 4.82. The molecule has 1 aliphatic heterocycles. The molecule has 2 unspecified atom stereocenters. The van der Waals surface area contributed by atoms with E-state index in [0.29, 0.717) is 6.04 Å². The lowest BCUT2D eigenvalue weighted by molar-refractivity contribution is 0.348. The predicted octanol–water partition coefficient (Wildman–Crippen LogP) is 3.32. The van der Waals surface area contributed by atoms with Crippen LogP contribution in [0.3, 0.4) is 0 Å². The Morgan fingerprint density at radius 3 is 2.94 bits per heavy atom. The monoisotopic (exact) mass is 239 g/mol. The van der Waals surface area contributed by atoms with Crippen LogP contribution in [0.1, 0.15) is 25.3 Å². The largest absolute Gasteiger partial charge is 0.370 e. The van der Waals surface area contributed by atoms with E-state index in [9.17, 15) is 0 Å². The van der Waals surface area contributed by atoms with Crippen LogP contribution in [0.2, 0.25) is 0 Å². The molecule has 0 amide bonds. The summed E-state index contributed by atoms with van der Waals surface area (Å²) in [6.07, 6.45) is 3.98. The molecule has 1 N–H and O–H groups in total. The highest BCUT2D eigenvalue weighted by molar-refractivity contribution is 5.63. The van der Waals surface area contributed by atoms with Crippen molar-refractivity contribution >= 4 is 5.82 Å². The Kier molecular flexibility index (Phi) is 2.19. The van der Waals surface area contributed by atoms with Crippen LogP contribution in [-0.2, 0) is 0 Å². The Morgan fingerprint density at radius 2 is 2.06 bits per heavy atom. The summed E-state index contributed by atoms with van der Waals surface area (Å²) in [6, 6.07) is 13.2. The number of fused-ring (bicyclic) bond motifs is 3. The van der Waals surface area contributed by atoms with Crippen molar-refractivity contribution < 1.29 is 0 Å². The summed E-state index contributed by atoms with van der Waals surface area (Å²) < 4.78 is 2.23. The third-order valence-corrected chi connectivity index (χ3v) is 4.28. The molecular formula is C15H17N3. The van der Waals surface area contributed by atoms with Crippen molar-refractivity contribution in [3.8, 4) is 11.3 Å². The first kappa shape index (κ1) is 10.2. The Hall–Kier alpha value is -1.77. The van der Waals surface area contributed by atoms with E-state index in [1.165, 1.54) is 30.6 Å². The predicted molar refractivity (Wildman–Crippen MR) is 72.5 cm³/mol. The molecule has 1 fully saturated rings. The molecule has 92 valence electrons. The SMILES string of the molecule is c1ccc(-c2cc3n(n2)C2CCCC2CN3)cc1. The van der Waals surface area contributed by atoms with E-state index in [1.807, 2.05) is 6.07 Å². The molecule has 0 bridgehead atoms. The van der Waals surface area contributed by atoms with Crippen molar-refractivity contribution in [2.24, 2.45) is 5.92 Å². The molecule has 0 spiro atoms. The first-order valence-electron chi connectivity index (χ1n) is 6.81. The lowest BCUT2D eigenvalue weighted by atomic mass is 10.0. The maximum atomic E-state index is 4.82. The van der Waals surface area contributed by atoms with Crippen LogP contribution >= 0.6 is 0 Å². The van der Waals surface area contributed by atoms with Crippen molar-refractivity contribution in [1.29, 1.82) is 0 Å². The minimum atomic E-state index is 0.624. The second kappa shape index (κ2) is 3.87. The number of hydrogen-bond acceptors (Lipinski definition) is 2. The summed E-state index contributed by atoms with van der Waals surface area (Å²) in [4.78, 5) is 0. The van der Waals surface area contributed by atoms with Gasteiger partial charge in [0.25, 0.3) is 0 Å². The number of hydrogen-bond donors (Lipinski definition) is 1. The van der Waals surface area contributed by atoms with Crippen LogP contribution in [-0.4, -0.2) is 16.3 Å². The van der Waals surface area contributed by atoms with Gasteiger partial charge in [-0.05, 0) is 18.8 Å². The minimum absolute atomic E-state index is 0.624. The molecule has 3 heteroatoms. The number of nitrogens with zero attached hydrogens (tertiary/aromatic N) is 2. The quantitative estimate of drug-likeness (QED) is 0.827. The van der Waals surface area contributed by atoms with E-state index in [2.05, 4.69) is 40.3 Å². The number of aromatic nitrogens is 2. The normalized spacial score (nSPS) is 25.3. The van der Waals surface area contributed by atoms with Gasteiger partial charge in [-0.25, -0.2) is 4.68 Å². The maximum Gasteiger partial charge on any atom is 0.125 e. The highest BCUT2D eigenvalue weighted by Gasteiger charge is 2.34. The molecular weight excluding hydrogens is 222 g/mol. The van der Waals surface area contributed by atoms with E-state index in [4.69, 9.17) is 5.10 Å². The summed E-state index contributed by atoms with van der Waals surface area (Å²) >= 11 is 0. The molecule has 1 aromatic heterocycles. The van der Waals surface area contributed by atoms with Crippen LogP contribution in [0.4, 0.5) is 5.82 Å². The summed E-state index contributed by atoms with van der Waals surface area (Å²) in [5, 5.41) is 8.34. The van der Waals surface area contributed by atoms with E-state index in [1.54, 1.807) is 0 Å². The molecule has 2 atom stereocenters. The van der Waals surface area contributed by atoms with E-state index in [0.717, 1.165) is 18.2 Å². The topological polar surface area (TPSA) is 29.9 Å². The first-order valence-corrected chi connectivity index (χ1v) is 6.81. The number of rotatable bonds is 1. The van der Waals surface area contributed by atoms with Crippen LogP contribution in [0.25, 0.3) is 11.3 Å². The Bertz CT molecular complexity index is 558. The minimum Gasteiger partial charge on any atom is -0.370 e. The summed E-state index contributed by atoms with van der Waals surface area (Å²) in [7, 11) is 0. The summed E-state index contributed by atoms with van der Waals surface area (Å²) in [5.74, 6) is 1.97. The molecule has 0 saturated heterocycles. The molecule has 18 heavy (non-hydrogen) atoms. The second-order valence-electron chi connectivity index (χ2n) is 5.36. The van der Waals surface area contributed by atoms with E-state index in [-0.39, 0.29) is 0 Å². The fourth-order valence-corrected chi connectivity index (χ4v) is 3.34. The molecule has 2 aliphatic rings. The Labute approximate surface area is 107 Å². The highest BCUT2D eigenvalue weighted by Crippen LogP contribution is 2.41. The number of anilines is 1. The van der Waals surface area contributed by atoms with Crippen LogP contribution in [0.5, 0.6) is 0 Å². The first-order chi connectivity index (χ1) is 8.92. The van der Waals surface area contributed by atoms with Gasteiger partial charge in [0, 0.05) is 18.2 Å². The van der Waals surface area contributed by atoms with Gasteiger partial charge in [-0.1, -0.05) is 36.8 Å². The molecule has 2 heterocycles. The van der Waals surface area contributed by atoms with Gasteiger partial charge in [-0.15, -0.1) is 0 Å². The fraction of sp³-hybridized carbons (Fsp3) is 0.400. The van der Waals surface area contributed by atoms with Crippen molar-refractivity contribution in [3.63, 3.8) is 0 Å². The Balaban J connectivity index is 1.77. The third-order valence-electron chi connectivity index (χ3n) is 4.28. The zero-order valence-corrected chi connectivity index (χ0v) is 10.3. The zero-order valence-electron chi connectivity index (χ0n) is 10.3. The number of benzene rings is 1. The molecule has 2 aromatic rings. The fourth-order valence-electron chi connectivity index (χ4n) is 3.34. The molecule has 3 nitrogen and oxygen atoms in total. The average molecular weight is 239 g/mol. The standard InChI is InChI=1S/C15H17N3/c1-2-5-11(6-3-1)13-9-15-16-10-12-7-4-8-14(12)18(15)17-13/h1-3,5-6,9,12,14,16H,4,7-8,10H2.